The molecular weight excluding hydrogens is 269 g/mol. The van der Waals surface area contributed by atoms with Crippen LogP contribution in [-0.2, 0) is 0 Å². The largest absolute Gasteiger partial charge is 0.298 e. The lowest BCUT2D eigenvalue weighted by Gasteiger charge is -2.02. The summed E-state index contributed by atoms with van der Waals surface area (Å²) in [5, 5.41) is 3.33. The molecule has 0 amide bonds. The lowest BCUT2D eigenvalue weighted by atomic mass is 10.3. The van der Waals surface area contributed by atoms with Gasteiger partial charge >= 0.3 is 0 Å². The van der Waals surface area contributed by atoms with Crippen LogP contribution < -0.4 is 0 Å². The predicted octanol–water partition coefficient (Wildman–Crippen LogP) is 3.41. The van der Waals surface area contributed by atoms with Gasteiger partial charge in [0, 0.05) is 0 Å². The molecule has 2 rings (SSSR count). The number of alkyl halides is 2. The first-order valence-electron chi connectivity index (χ1n) is 4.82. The summed E-state index contributed by atoms with van der Waals surface area (Å²) in [4.78, 5) is 10.7. The van der Waals surface area contributed by atoms with Crippen molar-refractivity contribution < 1.29 is 18.0 Å². The van der Waals surface area contributed by atoms with Crippen LogP contribution in [0.5, 0.6) is 0 Å². The lowest BCUT2D eigenvalue weighted by Crippen LogP contribution is -1.97. The Kier molecular flexibility index (Phi) is 3.38. The minimum absolute atomic E-state index is 0.219. The van der Waals surface area contributed by atoms with Crippen LogP contribution in [0.3, 0.4) is 0 Å². The van der Waals surface area contributed by atoms with Crippen molar-refractivity contribution in [3.8, 4) is 5.69 Å². The van der Waals surface area contributed by atoms with Crippen molar-refractivity contribution in [1.29, 1.82) is 0 Å². The molecule has 0 spiro atoms. The minimum Gasteiger partial charge on any atom is -0.298 e. The highest BCUT2D eigenvalue weighted by molar-refractivity contribution is 6.32. The van der Waals surface area contributed by atoms with Gasteiger partial charge in [0.15, 0.2) is 6.29 Å². The second-order valence-corrected chi connectivity index (χ2v) is 3.75. The van der Waals surface area contributed by atoms with Gasteiger partial charge in [-0.1, -0.05) is 11.6 Å². The van der Waals surface area contributed by atoms with Gasteiger partial charge in [-0.25, -0.2) is 17.9 Å². The van der Waals surface area contributed by atoms with E-state index in [1.165, 1.54) is 12.1 Å². The van der Waals surface area contributed by atoms with E-state index in [-0.39, 0.29) is 22.7 Å². The van der Waals surface area contributed by atoms with E-state index in [9.17, 15) is 18.0 Å². The number of hydrogen-bond acceptors (Lipinski definition) is 2. The van der Waals surface area contributed by atoms with Gasteiger partial charge in [0.05, 0.1) is 11.3 Å². The van der Waals surface area contributed by atoms with Crippen molar-refractivity contribution in [2.24, 2.45) is 0 Å². The molecule has 3 nitrogen and oxygen atoms in total. The zero-order chi connectivity index (χ0) is 13.3. The normalized spacial score (nSPS) is 10.9. The van der Waals surface area contributed by atoms with Crippen molar-refractivity contribution >= 4 is 17.9 Å². The summed E-state index contributed by atoms with van der Waals surface area (Å²) >= 11 is 5.79. The molecule has 94 valence electrons. The number of benzene rings is 1. The van der Waals surface area contributed by atoms with Gasteiger partial charge in [0.2, 0.25) is 0 Å². The lowest BCUT2D eigenvalue weighted by molar-refractivity contribution is 0.110. The topological polar surface area (TPSA) is 34.9 Å². The van der Waals surface area contributed by atoms with E-state index in [0.29, 0.717) is 0 Å². The summed E-state index contributed by atoms with van der Waals surface area (Å²) in [7, 11) is 0. The molecule has 0 saturated carbocycles. The van der Waals surface area contributed by atoms with E-state index in [0.717, 1.165) is 16.8 Å². The van der Waals surface area contributed by atoms with E-state index in [2.05, 4.69) is 5.10 Å². The molecule has 1 heterocycles. The van der Waals surface area contributed by atoms with Crippen LogP contribution in [0.15, 0.2) is 24.3 Å². The fourth-order valence-corrected chi connectivity index (χ4v) is 1.73. The molecule has 0 saturated heterocycles. The first-order valence-corrected chi connectivity index (χ1v) is 5.20. The van der Waals surface area contributed by atoms with Crippen LogP contribution >= 0.6 is 11.6 Å². The summed E-state index contributed by atoms with van der Waals surface area (Å²) in [6, 6.07) is 4.90. The molecule has 0 bridgehead atoms. The zero-order valence-corrected chi connectivity index (χ0v) is 9.53. The fraction of sp³-hybridized carbons (Fsp3) is 0.0909. The summed E-state index contributed by atoms with van der Waals surface area (Å²) in [6.07, 6.45) is -2.69. The van der Waals surface area contributed by atoms with E-state index in [4.69, 9.17) is 11.6 Å². The maximum Gasteiger partial charge on any atom is 0.282 e. The van der Waals surface area contributed by atoms with Gasteiger partial charge in [0.1, 0.15) is 16.7 Å². The Balaban J connectivity index is 2.58. The van der Waals surface area contributed by atoms with E-state index >= 15 is 0 Å². The number of hydrogen-bond donors (Lipinski definition) is 0. The van der Waals surface area contributed by atoms with Gasteiger partial charge in [0.25, 0.3) is 6.43 Å². The van der Waals surface area contributed by atoms with Gasteiger partial charge in [-0.3, -0.25) is 4.79 Å². The van der Waals surface area contributed by atoms with Gasteiger partial charge in [-0.05, 0) is 24.3 Å². The molecule has 0 atom stereocenters. The highest BCUT2D eigenvalue weighted by atomic mass is 35.5. The fourth-order valence-electron chi connectivity index (χ4n) is 1.45. The summed E-state index contributed by atoms with van der Waals surface area (Å²) in [5.41, 5.74) is -0.772. The molecule has 0 fully saturated rings. The monoisotopic (exact) mass is 274 g/mol. The third-order valence-electron chi connectivity index (χ3n) is 2.29. The molecule has 7 heteroatoms. The molecule has 0 unspecified atom stereocenters. The average molecular weight is 275 g/mol. The zero-order valence-electron chi connectivity index (χ0n) is 8.78. The van der Waals surface area contributed by atoms with Crippen molar-refractivity contribution in [3.05, 3.63) is 46.5 Å². The van der Waals surface area contributed by atoms with Crippen molar-refractivity contribution in [2.45, 2.75) is 6.43 Å². The maximum absolute atomic E-state index is 12.7. The first-order chi connectivity index (χ1) is 8.54. The second kappa shape index (κ2) is 4.81. The number of nitrogens with zero attached hydrogens (tertiary/aromatic N) is 2. The quantitative estimate of drug-likeness (QED) is 0.804. The molecule has 0 aliphatic heterocycles. The van der Waals surface area contributed by atoms with E-state index in [1.807, 2.05) is 0 Å². The summed E-state index contributed by atoms with van der Waals surface area (Å²) in [6.45, 7) is 0. The van der Waals surface area contributed by atoms with E-state index in [1.54, 1.807) is 0 Å². The summed E-state index contributed by atoms with van der Waals surface area (Å²) in [5.74, 6) is -0.480. The Labute approximate surface area is 105 Å². The molecule has 0 N–H and O–H groups in total. The average Bonchev–Trinajstić information content (AvgIpc) is 2.67. The van der Waals surface area contributed by atoms with Crippen LogP contribution in [0.1, 0.15) is 22.5 Å². The molecule has 0 aliphatic rings. The number of aromatic nitrogens is 2. The highest BCUT2D eigenvalue weighted by Crippen LogP contribution is 2.28. The third-order valence-corrected chi connectivity index (χ3v) is 2.65. The second-order valence-electron chi connectivity index (χ2n) is 3.40. The Morgan fingerprint density at radius 1 is 1.28 bits per heavy atom. The molecule has 1 aromatic carbocycles. The van der Waals surface area contributed by atoms with Crippen LogP contribution in [0.25, 0.3) is 5.69 Å². The van der Waals surface area contributed by atoms with Crippen LogP contribution in [-0.4, -0.2) is 16.1 Å². The maximum atomic E-state index is 12.7. The Bertz CT molecular complexity index is 581. The van der Waals surface area contributed by atoms with E-state index < -0.39 is 17.9 Å². The number of carbonyl (C=O) groups excluding carboxylic acids is 1. The first kappa shape index (κ1) is 12.6. The standard InChI is InChI=1S/C11H6ClF3N2O/c12-10-8(5-18)9(11(14)15)16-17(10)7-3-1-6(13)2-4-7/h1-5,11H. The highest BCUT2D eigenvalue weighted by Gasteiger charge is 2.23. The van der Waals surface area contributed by atoms with Gasteiger partial charge < -0.3 is 0 Å². The number of rotatable bonds is 3. The SMILES string of the molecule is O=Cc1c(C(F)F)nn(-c2ccc(F)cc2)c1Cl. The Morgan fingerprint density at radius 3 is 2.33 bits per heavy atom. The molecule has 0 radical (unpaired) electrons. The number of halogens is 4. The van der Waals surface area contributed by atoms with Crippen LogP contribution in [0.4, 0.5) is 13.2 Å². The van der Waals surface area contributed by atoms with Crippen molar-refractivity contribution in [2.75, 3.05) is 0 Å². The van der Waals surface area contributed by atoms with Crippen molar-refractivity contribution in [1.82, 2.24) is 9.78 Å². The molecule has 18 heavy (non-hydrogen) atoms. The summed E-state index contributed by atoms with van der Waals surface area (Å²) < 4.78 is 39.0. The molecular formula is C11H6ClF3N2O. The van der Waals surface area contributed by atoms with Crippen LogP contribution in [0, 0.1) is 5.82 Å². The van der Waals surface area contributed by atoms with Gasteiger partial charge in [-0.15, -0.1) is 0 Å². The predicted molar refractivity (Wildman–Crippen MR) is 58.9 cm³/mol. The number of carbonyl (C=O) groups is 1. The van der Waals surface area contributed by atoms with Crippen LogP contribution in [0.2, 0.25) is 5.15 Å². The Hall–Kier alpha value is -1.82. The minimum atomic E-state index is -2.91. The smallest absolute Gasteiger partial charge is 0.282 e. The number of aldehydes is 1. The third kappa shape index (κ3) is 2.11. The molecule has 1 aromatic heterocycles. The Morgan fingerprint density at radius 2 is 1.89 bits per heavy atom. The van der Waals surface area contributed by atoms with Crippen molar-refractivity contribution in [3.63, 3.8) is 0 Å². The van der Waals surface area contributed by atoms with Gasteiger partial charge in [-0.2, -0.15) is 5.10 Å². The molecule has 0 aliphatic carbocycles. The molecule has 2 aromatic rings.